The predicted molar refractivity (Wildman–Crippen MR) is 122 cm³/mol. The maximum atomic E-state index is 12.9. The smallest absolute Gasteiger partial charge is 0.235 e. The van der Waals surface area contributed by atoms with Crippen molar-refractivity contribution in [2.75, 3.05) is 13.9 Å². The van der Waals surface area contributed by atoms with E-state index in [1.54, 1.807) is 55.6 Å². The van der Waals surface area contributed by atoms with Gasteiger partial charge in [-0.25, -0.2) is 0 Å². The van der Waals surface area contributed by atoms with E-state index in [2.05, 4.69) is 0 Å². The molecule has 1 aliphatic heterocycles. The lowest BCUT2D eigenvalue weighted by Crippen LogP contribution is -2.14. The van der Waals surface area contributed by atoms with Crippen LogP contribution in [0.25, 0.3) is 11.0 Å². The normalized spacial score (nSPS) is 12.7. The Morgan fingerprint density at radius 2 is 1.91 bits per heavy atom. The van der Waals surface area contributed by atoms with Crippen LogP contribution in [0.1, 0.15) is 11.1 Å². The molecule has 2 heterocycles. The van der Waals surface area contributed by atoms with E-state index < -0.39 is 0 Å². The third kappa shape index (κ3) is 4.46. The summed E-state index contributed by atoms with van der Waals surface area (Å²) >= 11 is 6.21. The van der Waals surface area contributed by atoms with Crippen molar-refractivity contribution in [3.63, 3.8) is 0 Å². The second-order valence-electron chi connectivity index (χ2n) is 7.32. The van der Waals surface area contributed by atoms with Crippen LogP contribution in [-0.4, -0.2) is 13.9 Å². The second kappa shape index (κ2) is 9.05. The van der Waals surface area contributed by atoms with E-state index in [-0.39, 0.29) is 24.6 Å². The van der Waals surface area contributed by atoms with Gasteiger partial charge in [0, 0.05) is 28.3 Å². The molecule has 0 amide bonds. The van der Waals surface area contributed by atoms with Gasteiger partial charge >= 0.3 is 0 Å². The molecule has 0 N–H and O–H groups in total. The van der Waals surface area contributed by atoms with Gasteiger partial charge in [0.1, 0.15) is 41.5 Å². The highest BCUT2D eigenvalue weighted by molar-refractivity contribution is 6.30. The molecule has 0 saturated carbocycles. The van der Waals surface area contributed by atoms with Gasteiger partial charge in [-0.3, -0.25) is 4.79 Å². The average Bonchev–Trinajstić information content (AvgIpc) is 2.84. The number of ether oxygens (including phenoxy) is 5. The van der Waals surface area contributed by atoms with Crippen LogP contribution in [0.3, 0.4) is 0 Å². The fraction of sp³-hybridized carbons (Fsp3) is 0.160. The fourth-order valence-electron chi connectivity index (χ4n) is 3.57. The molecule has 168 valence electrons. The van der Waals surface area contributed by atoms with Crippen molar-refractivity contribution < 1.29 is 28.1 Å². The zero-order valence-corrected chi connectivity index (χ0v) is 18.4. The number of fused-ring (bicyclic) bond motifs is 2. The summed E-state index contributed by atoms with van der Waals surface area (Å²) in [7, 11) is 1.56. The molecule has 0 bridgehead atoms. The van der Waals surface area contributed by atoms with Gasteiger partial charge in [0.25, 0.3) is 0 Å². The summed E-state index contributed by atoms with van der Waals surface area (Å²) in [6, 6.07) is 15.6. The Labute approximate surface area is 194 Å². The molecule has 0 saturated heterocycles. The van der Waals surface area contributed by atoms with Gasteiger partial charge < -0.3 is 28.1 Å². The topological polar surface area (TPSA) is 76.4 Å². The third-order valence-corrected chi connectivity index (χ3v) is 5.35. The lowest BCUT2D eigenvalue weighted by molar-refractivity contribution is -0.0175. The van der Waals surface area contributed by atoms with Gasteiger partial charge in [0.05, 0.1) is 19.1 Å². The Hall–Kier alpha value is -3.68. The number of methoxy groups -OCH3 is 1. The lowest BCUT2D eigenvalue weighted by atomic mass is 10.1. The van der Waals surface area contributed by atoms with Crippen LogP contribution in [-0.2, 0) is 18.0 Å². The Balaban J connectivity index is 1.37. The highest BCUT2D eigenvalue weighted by Crippen LogP contribution is 2.33. The largest absolute Gasteiger partial charge is 0.497 e. The molecule has 0 aliphatic carbocycles. The molecule has 3 aromatic carbocycles. The van der Waals surface area contributed by atoms with Crippen LogP contribution in [0.2, 0.25) is 5.02 Å². The monoisotopic (exact) mass is 466 g/mol. The Morgan fingerprint density at radius 3 is 2.79 bits per heavy atom. The summed E-state index contributed by atoms with van der Waals surface area (Å²) in [4.78, 5) is 12.9. The molecule has 0 unspecified atom stereocenters. The summed E-state index contributed by atoms with van der Waals surface area (Å²) in [6.45, 7) is 0.850. The minimum Gasteiger partial charge on any atom is -0.497 e. The van der Waals surface area contributed by atoms with Gasteiger partial charge in [-0.15, -0.1) is 0 Å². The maximum Gasteiger partial charge on any atom is 0.235 e. The van der Waals surface area contributed by atoms with Crippen LogP contribution in [0.15, 0.2) is 70.1 Å². The quantitative estimate of drug-likeness (QED) is 0.361. The van der Waals surface area contributed by atoms with E-state index in [0.29, 0.717) is 39.8 Å². The Kier molecular flexibility index (Phi) is 5.81. The van der Waals surface area contributed by atoms with Crippen LogP contribution in [0.4, 0.5) is 0 Å². The van der Waals surface area contributed by atoms with Gasteiger partial charge in [-0.2, -0.15) is 0 Å². The molecule has 0 fully saturated rings. The van der Waals surface area contributed by atoms with Crippen molar-refractivity contribution in [2.45, 2.75) is 13.2 Å². The molecule has 4 aromatic rings. The summed E-state index contributed by atoms with van der Waals surface area (Å²) in [5.74, 6) is 2.43. The molecule has 5 rings (SSSR count). The van der Waals surface area contributed by atoms with Crippen molar-refractivity contribution in [3.05, 3.63) is 87.2 Å². The van der Waals surface area contributed by atoms with Crippen LogP contribution < -0.4 is 24.4 Å². The molecule has 0 spiro atoms. The number of halogens is 1. The van der Waals surface area contributed by atoms with Crippen molar-refractivity contribution in [1.82, 2.24) is 0 Å². The minimum absolute atomic E-state index is 0.0781. The molecule has 0 radical (unpaired) electrons. The molecule has 1 aromatic heterocycles. The van der Waals surface area contributed by atoms with Crippen molar-refractivity contribution >= 4 is 22.6 Å². The first-order valence-electron chi connectivity index (χ1n) is 10.1. The zero-order valence-electron chi connectivity index (χ0n) is 17.6. The summed E-state index contributed by atoms with van der Waals surface area (Å²) in [5.41, 5.74) is 1.78. The predicted octanol–water partition coefficient (Wildman–Crippen LogP) is 5.69. The third-order valence-electron chi connectivity index (χ3n) is 5.13. The van der Waals surface area contributed by atoms with Gasteiger partial charge in [-0.1, -0.05) is 17.7 Å². The molecule has 7 nitrogen and oxygen atoms in total. The standard InChI is InChI=1S/C25H19ClO7/c1-28-18-3-2-4-20(9-18)33-23-13-31-22-10-19(5-6-21(22)24(23)27)30-12-16-8-17(26)7-15-11-29-14-32-25(15)16/h2-10,13H,11-12,14H2,1H3. The first kappa shape index (κ1) is 21.2. The first-order chi connectivity index (χ1) is 16.1. The van der Waals surface area contributed by atoms with Crippen molar-refractivity contribution in [3.8, 4) is 28.7 Å². The van der Waals surface area contributed by atoms with Gasteiger partial charge in [0.15, 0.2) is 6.79 Å². The maximum absolute atomic E-state index is 12.9. The summed E-state index contributed by atoms with van der Waals surface area (Å²) < 4.78 is 33.4. The van der Waals surface area contributed by atoms with E-state index in [4.69, 9.17) is 39.7 Å². The zero-order chi connectivity index (χ0) is 22.8. The summed E-state index contributed by atoms with van der Waals surface area (Å²) in [6.07, 6.45) is 1.29. The number of hydrogen-bond acceptors (Lipinski definition) is 7. The first-order valence-corrected chi connectivity index (χ1v) is 10.5. The molecule has 8 heteroatoms. The van der Waals surface area contributed by atoms with E-state index >= 15 is 0 Å². The highest BCUT2D eigenvalue weighted by atomic mass is 35.5. The van der Waals surface area contributed by atoms with Gasteiger partial charge in [-0.05, 0) is 36.4 Å². The lowest BCUT2D eigenvalue weighted by Gasteiger charge is -2.21. The Morgan fingerprint density at radius 1 is 1.03 bits per heavy atom. The van der Waals surface area contributed by atoms with Crippen LogP contribution in [0.5, 0.6) is 28.7 Å². The van der Waals surface area contributed by atoms with E-state index in [0.717, 1.165) is 16.9 Å². The van der Waals surface area contributed by atoms with Crippen molar-refractivity contribution in [1.29, 1.82) is 0 Å². The highest BCUT2D eigenvalue weighted by Gasteiger charge is 2.17. The second-order valence-corrected chi connectivity index (χ2v) is 7.76. The minimum atomic E-state index is -0.289. The van der Waals surface area contributed by atoms with Crippen molar-refractivity contribution in [2.24, 2.45) is 0 Å². The number of benzene rings is 3. The molecular weight excluding hydrogens is 448 g/mol. The molecule has 33 heavy (non-hydrogen) atoms. The molecule has 1 aliphatic rings. The summed E-state index contributed by atoms with van der Waals surface area (Å²) in [5, 5.41) is 0.956. The fourth-order valence-corrected chi connectivity index (χ4v) is 3.83. The Bertz CT molecular complexity index is 1380. The van der Waals surface area contributed by atoms with Crippen LogP contribution >= 0.6 is 11.6 Å². The van der Waals surface area contributed by atoms with E-state index in [1.165, 1.54) is 6.26 Å². The van der Waals surface area contributed by atoms with Gasteiger partial charge in [0.2, 0.25) is 11.2 Å². The van der Waals surface area contributed by atoms with Crippen LogP contribution in [0, 0.1) is 0 Å². The SMILES string of the molecule is COc1cccc(Oc2coc3cc(OCc4cc(Cl)cc5c4OCOC5)ccc3c2=O)c1. The average molecular weight is 467 g/mol. The molecular formula is C25H19ClO7. The van der Waals surface area contributed by atoms with E-state index in [1.807, 2.05) is 6.07 Å². The molecule has 0 atom stereocenters. The number of hydrogen-bond donors (Lipinski definition) is 0. The van der Waals surface area contributed by atoms with E-state index in [9.17, 15) is 4.79 Å². The number of rotatable bonds is 6.